The zero-order valence-corrected chi connectivity index (χ0v) is 14.1. The van der Waals surface area contributed by atoms with Gasteiger partial charge in [-0.3, -0.25) is 4.79 Å². The average Bonchev–Trinajstić information content (AvgIpc) is 2.84. The van der Waals surface area contributed by atoms with Gasteiger partial charge >= 0.3 is 0 Å². The van der Waals surface area contributed by atoms with Gasteiger partial charge in [-0.05, 0) is 49.3 Å². The van der Waals surface area contributed by atoms with Gasteiger partial charge < -0.3 is 15.7 Å². The Hall–Kier alpha value is -2.01. The molecule has 0 spiro atoms. The van der Waals surface area contributed by atoms with Crippen LogP contribution in [-0.2, 0) is 12.8 Å². The number of nitrogens with one attached hydrogen (secondary N) is 2. The van der Waals surface area contributed by atoms with E-state index in [9.17, 15) is 9.90 Å². The number of aryl methyl sites for hydroxylation is 1. The van der Waals surface area contributed by atoms with E-state index in [-0.39, 0.29) is 17.8 Å². The molecule has 1 aliphatic carbocycles. The van der Waals surface area contributed by atoms with E-state index < -0.39 is 0 Å². The molecule has 0 saturated heterocycles. The van der Waals surface area contributed by atoms with E-state index in [2.05, 4.69) is 17.6 Å². The molecule has 0 radical (unpaired) electrons. The van der Waals surface area contributed by atoms with Gasteiger partial charge in [-0.1, -0.05) is 19.1 Å². The average molecular weight is 328 g/mol. The fraction of sp³-hybridized carbons (Fsp3) is 0.389. The lowest BCUT2D eigenvalue weighted by atomic mass is 9.88. The van der Waals surface area contributed by atoms with Gasteiger partial charge in [-0.25, -0.2) is 0 Å². The molecule has 23 heavy (non-hydrogen) atoms. The second-order valence-electron chi connectivity index (χ2n) is 6.67. The molecule has 120 valence electrons. The van der Waals surface area contributed by atoms with Gasteiger partial charge in [0.05, 0.1) is 5.56 Å². The Bertz CT molecular complexity index is 797. The lowest BCUT2D eigenvalue weighted by Gasteiger charge is -2.27. The molecule has 0 fully saturated rings. The van der Waals surface area contributed by atoms with Crippen LogP contribution in [0.3, 0.4) is 0 Å². The number of carbonyl (C=O) groups is 1. The lowest BCUT2D eigenvalue weighted by Crippen LogP contribution is -2.38. The monoisotopic (exact) mass is 328 g/mol. The number of carbonyl (C=O) groups excluding carboxylic acids is 1. The first-order valence-electron chi connectivity index (χ1n) is 8.04. The highest BCUT2D eigenvalue weighted by molar-refractivity contribution is 7.16. The van der Waals surface area contributed by atoms with Crippen LogP contribution in [0.5, 0.6) is 5.75 Å². The molecule has 4 rings (SSSR count). The standard InChI is InChI=1S/C18H20N2O2S/c1-9-3-5-11(13(21)7-9)16-19-17(22)15-12-6-4-10(2)8-14(12)23-18(15)20-16/h3,5,7,10,16,20-21H,4,6,8H2,1-2H3,(H,19,22)/t10-,16-/m0/s1. The van der Waals surface area contributed by atoms with E-state index in [4.69, 9.17) is 0 Å². The highest BCUT2D eigenvalue weighted by atomic mass is 32.1. The van der Waals surface area contributed by atoms with Gasteiger partial charge in [0, 0.05) is 10.4 Å². The topological polar surface area (TPSA) is 61.4 Å². The van der Waals surface area contributed by atoms with Crippen molar-refractivity contribution in [2.24, 2.45) is 5.92 Å². The molecular formula is C18H20N2O2S. The summed E-state index contributed by atoms with van der Waals surface area (Å²) in [5.74, 6) is 0.861. The summed E-state index contributed by atoms with van der Waals surface area (Å²) >= 11 is 1.70. The van der Waals surface area contributed by atoms with Crippen molar-refractivity contribution < 1.29 is 9.90 Å². The van der Waals surface area contributed by atoms with E-state index in [0.29, 0.717) is 11.5 Å². The molecule has 2 atom stereocenters. The largest absolute Gasteiger partial charge is 0.508 e. The molecule has 0 unspecified atom stereocenters. The zero-order chi connectivity index (χ0) is 16.1. The van der Waals surface area contributed by atoms with Crippen molar-refractivity contribution in [2.75, 3.05) is 5.32 Å². The van der Waals surface area contributed by atoms with E-state index >= 15 is 0 Å². The Morgan fingerprint density at radius 2 is 2.13 bits per heavy atom. The van der Waals surface area contributed by atoms with Crippen molar-refractivity contribution in [1.82, 2.24) is 5.32 Å². The maximum Gasteiger partial charge on any atom is 0.256 e. The number of amides is 1. The quantitative estimate of drug-likeness (QED) is 0.747. The zero-order valence-electron chi connectivity index (χ0n) is 13.3. The number of benzene rings is 1. The van der Waals surface area contributed by atoms with Crippen LogP contribution in [0.4, 0.5) is 5.00 Å². The fourth-order valence-corrected chi connectivity index (χ4v) is 4.95. The summed E-state index contributed by atoms with van der Waals surface area (Å²) in [4.78, 5) is 14.0. The predicted octanol–water partition coefficient (Wildman–Crippen LogP) is 3.74. The molecule has 1 aliphatic heterocycles. The first-order chi connectivity index (χ1) is 11.0. The highest BCUT2D eigenvalue weighted by Crippen LogP contribution is 2.43. The van der Waals surface area contributed by atoms with E-state index in [0.717, 1.165) is 35.4 Å². The summed E-state index contributed by atoms with van der Waals surface area (Å²) in [5, 5.41) is 17.5. The lowest BCUT2D eigenvalue weighted by molar-refractivity contribution is 0.0935. The predicted molar refractivity (Wildman–Crippen MR) is 92.2 cm³/mol. The summed E-state index contributed by atoms with van der Waals surface area (Å²) < 4.78 is 0. The number of thiophene rings is 1. The Balaban J connectivity index is 1.71. The van der Waals surface area contributed by atoms with Crippen molar-refractivity contribution in [1.29, 1.82) is 0 Å². The second-order valence-corrected chi connectivity index (χ2v) is 7.77. The number of aromatic hydroxyl groups is 1. The molecule has 1 aromatic carbocycles. The number of phenols is 1. The summed E-state index contributed by atoms with van der Waals surface area (Å²) in [6, 6.07) is 5.53. The normalized spacial score (nSPS) is 22.8. The third kappa shape index (κ3) is 2.39. The Kier molecular flexibility index (Phi) is 3.34. The second kappa shape index (κ2) is 5.27. The Morgan fingerprint density at radius 1 is 1.30 bits per heavy atom. The van der Waals surface area contributed by atoms with Crippen LogP contribution in [0.25, 0.3) is 0 Å². The van der Waals surface area contributed by atoms with Crippen molar-refractivity contribution in [3.05, 3.63) is 45.3 Å². The van der Waals surface area contributed by atoms with Gasteiger partial charge in [-0.15, -0.1) is 11.3 Å². The van der Waals surface area contributed by atoms with E-state index in [1.165, 1.54) is 10.4 Å². The van der Waals surface area contributed by atoms with Gasteiger partial charge in [-0.2, -0.15) is 0 Å². The molecule has 0 bridgehead atoms. The Morgan fingerprint density at radius 3 is 2.91 bits per heavy atom. The number of hydrogen-bond acceptors (Lipinski definition) is 4. The number of phenolic OH excluding ortho intramolecular Hbond substituents is 1. The molecule has 1 amide bonds. The van der Waals surface area contributed by atoms with Crippen LogP contribution >= 0.6 is 11.3 Å². The van der Waals surface area contributed by atoms with Crippen LogP contribution in [0.2, 0.25) is 0 Å². The van der Waals surface area contributed by atoms with Crippen molar-refractivity contribution in [3.63, 3.8) is 0 Å². The summed E-state index contributed by atoms with van der Waals surface area (Å²) in [7, 11) is 0. The summed E-state index contributed by atoms with van der Waals surface area (Å²) in [6.45, 7) is 4.20. The molecule has 3 N–H and O–H groups in total. The molecule has 1 aromatic heterocycles. The first-order valence-corrected chi connectivity index (χ1v) is 8.86. The maximum absolute atomic E-state index is 12.6. The molecule has 2 aliphatic rings. The smallest absolute Gasteiger partial charge is 0.256 e. The molecule has 2 heterocycles. The van der Waals surface area contributed by atoms with Gasteiger partial charge in [0.1, 0.15) is 16.9 Å². The van der Waals surface area contributed by atoms with Crippen molar-refractivity contribution in [3.8, 4) is 5.75 Å². The maximum atomic E-state index is 12.6. The van der Waals surface area contributed by atoms with Gasteiger partial charge in [0.25, 0.3) is 5.91 Å². The highest BCUT2D eigenvalue weighted by Gasteiger charge is 2.33. The minimum atomic E-state index is -0.381. The first kappa shape index (κ1) is 14.6. The van der Waals surface area contributed by atoms with E-state index in [1.807, 2.05) is 19.1 Å². The van der Waals surface area contributed by atoms with Crippen LogP contribution in [0, 0.1) is 12.8 Å². The van der Waals surface area contributed by atoms with Crippen molar-refractivity contribution >= 4 is 22.2 Å². The number of hydrogen-bond donors (Lipinski definition) is 3. The van der Waals surface area contributed by atoms with Crippen LogP contribution < -0.4 is 10.6 Å². The number of rotatable bonds is 1. The van der Waals surface area contributed by atoms with E-state index in [1.54, 1.807) is 17.4 Å². The third-order valence-electron chi connectivity index (χ3n) is 4.79. The van der Waals surface area contributed by atoms with Gasteiger partial charge in [0.15, 0.2) is 0 Å². The molecule has 0 saturated carbocycles. The minimum absolute atomic E-state index is 0.0317. The van der Waals surface area contributed by atoms with Crippen molar-refractivity contribution in [2.45, 2.75) is 39.3 Å². The van der Waals surface area contributed by atoms with Gasteiger partial charge in [0.2, 0.25) is 0 Å². The molecule has 4 nitrogen and oxygen atoms in total. The summed E-state index contributed by atoms with van der Waals surface area (Å²) in [5.41, 5.74) is 3.74. The number of anilines is 1. The summed E-state index contributed by atoms with van der Waals surface area (Å²) in [6.07, 6.45) is 2.81. The fourth-order valence-electron chi connectivity index (χ4n) is 3.52. The molecule has 2 aromatic rings. The van der Waals surface area contributed by atoms with Crippen LogP contribution in [0.1, 0.15) is 51.4 Å². The Labute approximate surface area is 139 Å². The van der Waals surface area contributed by atoms with Crippen LogP contribution in [0.15, 0.2) is 18.2 Å². The third-order valence-corrected chi connectivity index (χ3v) is 5.97. The minimum Gasteiger partial charge on any atom is -0.508 e. The van der Waals surface area contributed by atoms with Crippen LogP contribution in [-0.4, -0.2) is 11.0 Å². The molecular weight excluding hydrogens is 308 g/mol. The SMILES string of the molecule is Cc1ccc([C@H]2NC(=O)c3c(sc4c3CC[C@H](C)C4)N2)c(O)c1. The molecule has 5 heteroatoms. The number of fused-ring (bicyclic) bond motifs is 3.